The first-order valence-corrected chi connectivity index (χ1v) is 9.45. The van der Waals surface area contributed by atoms with Crippen molar-refractivity contribution in [3.8, 4) is 0 Å². The highest BCUT2D eigenvalue weighted by atomic mass is 19.4. The number of rotatable bonds is 2. The van der Waals surface area contributed by atoms with Gasteiger partial charge in [0.25, 0.3) is 11.6 Å². The van der Waals surface area contributed by atoms with E-state index in [1.54, 1.807) is 19.9 Å². The summed E-state index contributed by atoms with van der Waals surface area (Å²) in [5.41, 5.74) is 2.34. The SMILES string of the molecule is Cc1cc2n(n1)[C@@H](C(F)(F)F)CCN2C(=O)c1cc(C2CC2)nc2onc(C)c12. The Balaban J connectivity index is 1.62. The van der Waals surface area contributed by atoms with Crippen LogP contribution in [0.3, 0.4) is 0 Å². The summed E-state index contributed by atoms with van der Waals surface area (Å²) in [6, 6.07) is 1.50. The minimum Gasteiger partial charge on any atom is -0.336 e. The van der Waals surface area contributed by atoms with Gasteiger partial charge in [0.2, 0.25) is 0 Å². The van der Waals surface area contributed by atoms with Crippen LogP contribution in [-0.4, -0.2) is 38.5 Å². The number of fused-ring (bicyclic) bond motifs is 2. The van der Waals surface area contributed by atoms with Crippen LogP contribution < -0.4 is 4.90 Å². The molecule has 0 saturated heterocycles. The van der Waals surface area contributed by atoms with Gasteiger partial charge in [0, 0.05) is 24.2 Å². The normalized spacial score (nSPS) is 19.6. The zero-order valence-corrected chi connectivity index (χ0v) is 15.8. The second-order valence-corrected chi connectivity index (χ2v) is 7.71. The molecule has 0 radical (unpaired) electrons. The summed E-state index contributed by atoms with van der Waals surface area (Å²) in [6.07, 6.45) is -2.71. The van der Waals surface area contributed by atoms with Gasteiger partial charge in [0.05, 0.1) is 22.3 Å². The maximum Gasteiger partial charge on any atom is 0.410 e. The summed E-state index contributed by atoms with van der Waals surface area (Å²) in [7, 11) is 0. The van der Waals surface area contributed by atoms with Gasteiger partial charge in [0.1, 0.15) is 5.82 Å². The fraction of sp³-hybridized carbons (Fsp3) is 0.474. The second-order valence-electron chi connectivity index (χ2n) is 7.71. The van der Waals surface area contributed by atoms with Crippen LogP contribution in [0.1, 0.15) is 58.7 Å². The van der Waals surface area contributed by atoms with Crippen molar-refractivity contribution in [2.75, 3.05) is 11.4 Å². The molecule has 0 aromatic carbocycles. The maximum absolute atomic E-state index is 13.5. The molecule has 0 N–H and O–H groups in total. The Bertz CT molecular complexity index is 1130. The number of hydrogen-bond donors (Lipinski definition) is 0. The van der Waals surface area contributed by atoms with Crippen LogP contribution in [-0.2, 0) is 0 Å². The molecule has 1 amide bonds. The Morgan fingerprint density at radius 2 is 1.97 bits per heavy atom. The molecule has 1 atom stereocenters. The molecule has 0 bridgehead atoms. The van der Waals surface area contributed by atoms with Crippen molar-refractivity contribution in [3.63, 3.8) is 0 Å². The third-order valence-corrected chi connectivity index (χ3v) is 5.52. The molecule has 3 aromatic rings. The van der Waals surface area contributed by atoms with Crippen molar-refractivity contribution in [3.05, 3.63) is 34.8 Å². The van der Waals surface area contributed by atoms with Gasteiger partial charge in [-0.1, -0.05) is 5.16 Å². The fourth-order valence-corrected chi connectivity index (χ4v) is 3.95. The topological polar surface area (TPSA) is 77.0 Å². The van der Waals surface area contributed by atoms with Crippen molar-refractivity contribution in [1.82, 2.24) is 19.9 Å². The molecule has 3 aromatic heterocycles. The average molecular weight is 405 g/mol. The zero-order valence-electron chi connectivity index (χ0n) is 15.8. The van der Waals surface area contributed by atoms with Gasteiger partial charge >= 0.3 is 6.18 Å². The van der Waals surface area contributed by atoms with Gasteiger partial charge in [-0.2, -0.15) is 18.3 Å². The van der Waals surface area contributed by atoms with Gasteiger partial charge in [0.15, 0.2) is 6.04 Å². The monoisotopic (exact) mass is 405 g/mol. The third kappa shape index (κ3) is 2.89. The number of aryl methyl sites for hydroxylation is 2. The molecule has 4 heterocycles. The molecule has 0 unspecified atom stereocenters. The lowest BCUT2D eigenvalue weighted by molar-refractivity contribution is -0.172. The summed E-state index contributed by atoms with van der Waals surface area (Å²) in [5.74, 6) is 0.0283. The van der Waals surface area contributed by atoms with E-state index in [9.17, 15) is 18.0 Å². The first-order valence-electron chi connectivity index (χ1n) is 9.45. The van der Waals surface area contributed by atoms with Crippen LogP contribution in [0.2, 0.25) is 0 Å². The van der Waals surface area contributed by atoms with Crippen LogP contribution in [0, 0.1) is 13.8 Å². The predicted molar refractivity (Wildman–Crippen MR) is 96.9 cm³/mol. The molecule has 7 nitrogen and oxygen atoms in total. The summed E-state index contributed by atoms with van der Waals surface area (Å²) < 4.78 is 46.6. The predicted octanol–water partition coefficient (Wildman–Crippen LogP) is 4.07. The number of amides is 1. The lowest BCUT2D eigenvalue weighted by Crippen LogP contribution is -2.43. The molecule has 0 spiro atoms. The summed E-state index contributed by atoms with van der Waals surface area (Å²) in [5, 5.41) is 8.43. The quantitative estimate of drug-likeness (QED) is 0.642. The van der Waals surface area contributed by atoms with Crippen molar-refractivity contribution < 1.29 is 22.5 Å². The van der Waals surface area contributed by atoms with E-state index in [1.165, 1.54) is 11.0 Å². The molecule has 2 aliphatic rings. The Morgan fingerprint density at radius 1 is 1.21 bits per heavy atom. The van der Waals surface area contributed by atoms with E-state index in [1.807, 2.05) is 0 Å². The third-order valence-electron chi connectivity index (χ3n) is 5.52. The first kappa shape index (κ1) is 18.1. The number of hydrogen-bond acceptors (Lipinski definition) is 5. The molecule has 152 valence electrons. The highest BCUT2D eigenvalue weighted by Gasteiger charge is 2.46. The van der Waals surface area contributed by atoms with E-state index < -0.39 is 18.1 Å². The lowest BCUT2D eigenvalue weighted by Gasteiger charge is -2.34. The van der Waals surface area contributed by atoms with E-state index in [-0.39, 0.29) is 30.4 Å². The molecule has 1 aliphatic carbocycles. The molecule has 10 heteroatoms. The minimum absolute atomic E-state index is 0.0545. The standard InChI is InChI=1S/C19H18F3N5O2/c1-9-7-15-26(6-5-14(19(20,21)22)27(15)24-9)18(28)12-8-13(11-3-4-11)23-17-16(12)10(2)25-29-17/h7-8,11,14H,3-6H2,1-2H3/t14-/m1/s1. The molecule has 29 heavy (non-hydrogen) atoms. The Kier molecular flexibility index (Phi) is 3.78. The van der Waals surface area contributed by atoms with Gasteiger partial charge < -0.3 is 4.52 Å². The molecule has 5 rings (SSSR count). The number of carbonyl (C=O) groups excluding carboxylic acids is 1. The number of pyridine rings is 1. The highest BCUT2D eigenvalue weighted by Crippen LogP contribution is 2.42. The zero-order chi connectivity index (χ0) is 20.5. The molecular weight excluding hydrogens is 387 g/mol. The Morgan fingerprint density at radius 3 is 2.66 bits per heavy atom. The minimum atomic E-state index is -4.43. The summed E-state index contributed by atoms with van der Waals surface area (Å²) in [6.45, 7) is 3.27. The number of alkyl halides is 3. The van der Waals surface area contributed by atoms with E-state index >= 15 is 0 Å². The number of halogens is 3. The van der Waals surface area contributed by atoms with Crippen LogP contribution in [0.15, 0.2) is 16.7 Å². The van der Waals surface area contributed by atoms with Crippen molar-refractivity contribution in [2.45, 2.75) is 51.2 Å². The number of nitrogens with zero attached hydrogens (tertiary/aromatic N) is 5. The van der Waals surface area contributed by atoms with Crippen molar-refractivity contribution in [2.24, 2.45) is 0 Å². The van der Waals surface area contributed by atoms with E-state index in [4.69, 9.17) is 4.52 Å². The number of carbonyl (C=O) groups is 1. The van der Waals surface area contributed by atoms with Gasteiger partial charge in [-0.25, -0.2) is 9.67 Å². The van der Waals surface area contributed by atoms with Crippen molar-refractivity contribution in [1.29, 1.82) is 0 Å². The van der Waals surface area contributed by atoms with E-state index in [2.05, 4.69) is 15.2 Å². The summed E-state index contributed by atoms with van der Waals surface area (Å²) >= 11 is 0. The molecular formula is C19H18F3N5O2. The van der Waals surface area contributed by atoms with Crippen LogP contribution in [0.25, 0.3) is 11.1 Å². The smallest absolute Gasteiger partial charge is 0.336 e. The van der Waals surface area contributed by atoms with E-state index in [0.29, 0.717) is 22.3 Å². The van der Waals surface area contributed by atoms with Gasteiger partial charge in [-0.15, -0.1) is 0 Å². The van der Waals surface area contributed by atoms with Gasteiger partial charge in [-0.05, 0) is 39.2 Å². The van der Waals surface area contributed by atoms with E-state index in [0.717, 1.165) is 23.2 Å². The van der Waals surface area contributed by atoms with Crippen LogP contribution >= 0.6 is 0 Å². The molecule has 1 fully saturated rings. The number of anilines is 1. The van der Waals surface area contributed by atoms with Crippen LogP contribution in [0.5, 0.6) is 0 Å². The molecule has 1 aliphatic heterocycles. The van der Waals surface area contributed by atoms with Crippen LogP contribution in [0.4, 0.5) is 19.0 Å². The molecule has 1 saturated carbocycles. The fourth-order valence-electron chi connectivity index (χ4n) is 3.95. The summed E-state index contributed by atoms with van der Waals surface area (Å²) in [4.78, 5) is 19.3. The lowest BCUT2D eigenvalue weighted by atomic mass is 10.0. The number of aromatic nitrogens is 4. The Labute approximate surface area is 163 Å². The largest absolute Gasteiger partial charge is 0.410 e. The first-order chi connectivity index (χ1) is 13.7. The maximum atomic E-state index is 13.5. The van der Waals surface area contributed by atoms with Gasteiger partial charge in [-0.3, -0.25) is 9.69 Å². The highest BCUT2D eigenvalue weighted by molar-refractivity contribution is 6.13. The second kappa shape index (κ2) is 6.04. The average Bonchev–Trinajstić information content (AvgIpc) is 3.34. The van der Waals surface area contributed by atoms with Crippen molar-refractivity contribution >= 4 is 22.8 Å². The Hall–Kier alpha value is -2.91.